The van der Waals surface area contributed by atoms with Crippen LogP contribution in [0.25, 0.3) is 5.57 Å². The second-order valence-electron chi connectivity index (χ2n) is 4.71. The van der Waals surface area contributed by atoms with E-state index in [1.165, 1.54) is 0 Å². The highest BCUT2D eigenvalue weighted by atomic mass is 16.8. The van der Waals surface area contributed by atoms with E-state index in [9.17, 15) is 4.79 Å². The summed E-state index contributed by atoms with van der Waals surface area (Å²) in [5, 5.41) is 0. The molecule has 4 heteroatoms. The predicted octanol–water partition coefficient (Wildman–Crippen LogP) is 3.02. The van der Waals surface area contributed by atoms with Gasteiger partial charge in [-0.05, 0) is 37.1 Å². The van der Waals surface area contributed by atoms with Gasteiger partial charge in [-0.15, -0.1) is 0 Å². The summed E-state index contributed by atoms with van der Waals surface area (Å²) in [6.07, 6.45) is -1.13. The molecule has 1 aliphatic rings. The number of rotatable bonds is 3. The molecule has 1 aromatic carbocycles. The molecule has 1 unspecified atom stereocenters. The summed E-state index contributed by atoms with van der Waals surface area (Å²) in [5.74, 6) is 0.769. The van der Waals surface area contributed by atoms with Crippen molar-refractivity contribution in [2.75, 3.05) is 7.11 Å². The average molecular weight is 248 g/mol. The number of carbonyl (C=O) groups is 1. The van der Waals surface area contributed by atoms with E-state index in [0.717, 1.165) is 11.3 Å². The Kier molecular flexibility index (Phi) is 3.03. The van der Waals surface area contributed by atoms with Crippen LogP contribution < -0.4 is 4.74 Å². The molecule has 0 saturated carbocycles. The van der Waals surface area contributed by atoms with Gasteiger partial charge >= 0.3 is 6.16 Å². The summed E-state index contributed by atoms with van der Waals surface area (Å²) < 4.78 is 15.4. The lowest BCUT2D eigenvalue weighted by Gasteiger charge is -2.23. The topological polar surface area (TPSA) is 44.8 Å². The van der Waals surface area contributed by atoms with Crippen molar-refractivity contribution in [2.45, 2.75) is 25.6 Å². The molecule has 4 nitrogen and oxygen atoms in total. The zero-order chi connectivity index (χ0) is 13.3. The third-order valence-corrected chi connectivity index (χ3v) is 2.97. The van der Waals surface area contributed by atoms with E-state index in [1.807, 2.05) is 24.3 Å². The highest BCUT2D eigenvalue weighted by molar-refractivity contribution is 5.74. The summed E-state index contributed by atoms with van der Waals surface area (Å²) in [7, 11) is 1.61. The fourth-order valence-corrected chi connectivity index (χ4v) is 1.98. The first-order chi connectivity index (χ1) is 8.44. The van der Waals surface area contributed by atoms with Gasteiger partial charge < -0.3 is 14.2 Å². The van der Waals surface area contributed by atoms with Gasteiger partial charge in [-0.25, -0.2) is 4.79 Å². The van der Waals surface area contributed by atoms with Crippen molar-refractivity contribution < 1.29 is 19.0 Å². The van der Waals surface area contributed by atoms with Crippen LogP contribution in [0.2, 0.25) is 0 Å². The fourth-order valence-electron chi connectivity index (χ4n) is 1.98. The van der Waals surface area contributed by atoms with Crippen molar-refractivity contribution in [3.63, 3.8) is 0 Å². The second-order valence-corrected chi connectivity index (χ2v) is 4.71. The number of carbonyl (C=O) groups excluding carboxylic acids is 1. The van der Waals surface area contributed by atoms with Gasteiger partial charge in [0.2, 0.25) is 0 Å². The fraction of sp³-hybridized carbons (Fsp3) is 0.357. The molecule has 0 amide bonds. The van der Waals surface area contributed by atoms with Gasteiger partial charge in [0, 0.05) is 0 Å². The quantitative estimate of drug-likeness (QED) is 0.771. The van der Waals surface area contributed by atoms with Crippen molar-refractivity contribution in [2.24, 2.45) is 0 Å². The lowest BCUT2D eigenvalue weighted by atomic mass is 9.91. The van der Waals surface area contributed by atoms with Gasteiger partial charge in [0.05, 0.1) is 7.11 Å². The molecule has 1 heterocycles. The van der Waals surface area contributed by atoms with E-state index in [-0.39, 0.29) is 0 Å². The maximum Gasteiger partial charge on any atom is 0.509 e. The summed E-state index contributed by atoms with van der Waals surface area (Å²) in [4.78, 5) is 11.2. The molecule has 0 spiro atoms. The van der Waals surface area contributed by atoms with E-state index in [4.69, 9.17) is 14.2 Å². The predicted molar refractivity (Wildman–Crippen MR) is 67.5 cm³/mol. The average Bonchev–Trinajstić information content (AvgIpc) is 2.61. The van der Waals surface area contributed by atoms with Crippen molar-refractivity contribution >= 4 is 11.7 Å². The van der Waals surface area contributed by atoms with Gasteiger partial charge in [-0.2, -0.15) is 0 Å². The normalized spacial score (nSPS) is 21.1. The zero-order valence-electron chi connectivity index (χ0n) is 10.7. The van der Waals surface area contributed by atoms with Crippen LogP contribution >= 0.6 is 0 Å². The third kappa shape index (κ3) is 2.18. The Morgan fingerprint density at radius 2 is 1.94 bits per heavy atom. The van der Waals surface area contributed by atoms with Crippen LogP contribution in [0.1, 0.15) is 19.4 Å². The Balaban J connectivity index is 2.23. The Morgan fingerprint density at radius 3 is 2.39 bits per heavy atom. The number of methoxy groups -OCH3 is 1. The summed E-state index contributed by atoms with van der Waals surface area (Å²) in [6.45, 7) is 7.60. The minimum atomic E-state index is -0.700. The van der Waals surface area contributed by atoms with Gasteiger partial charge in [0.1, 0.15) is 5.75 Å². The first-order valence-corrected chi connectivity index (χ1v) is 5.67. The zero-order valence-corrected chi connectivity index (χ0v) is 10.7. The molecule has 0 bridgehead atoms. The molecule has 0 aliphatic carbocycles. The lowest BCUT2D eigenvalue weighted by Crippen LogP contribution is -2.33. The van der Waals surface area contributed by atoms with E-state index >= 15 is 0 Å². The smallest absolute Gasteiger partial charge is 0.497 e. The molecule has 0 aromatic heterocycles. The monoisotopic (exact) mass is 248 g/mol. The van der Waals surface area contributed by atoms with Crippen LogP contribution in [0.3, 0.4) is 0 Å². The first-order valence-electron chi connectivity index (χ1n) is 5.67. The summed E-state index contributed by atoms with van der Waals surface area (Å²) in [5.41, 5.74) is 0.911. The number of cyclic esters (lactones) is 2. The number of ether oxygens (including phenoxy) is 3. The molecule has 1 saturated heterocycles. The maximum absolute atomic E-state index is 11.2. The SMILES string of the molecule is C=C(c1ccc(OC)cc1)C1OC(=O)OC1(C)C. The van der Waals surface area contributed by atoms with Gasteiger partial charge in [0.15, 0.2) is 11.7 Å². The molecular weight excluding hydrogens is 232 g/mol. The molecular formula is C14H16O4. The molecule has 96 valence electrons. The minimum absolute atomic E-state index is 0.474. The largest absolute Gasteiger partial charge is 0.509 e. The first kappa shape index (κ1) is 12.5. The van der Waals surface area contributed by atoms with Gasteiger partial charge in [-0.3, -0.25) is 0 Å². The maximum atomic E-state index is 11.2. The van der Waals surface area contributed by atoms with Crippen LogP contribution in [0.4, 0.5) is 4.79 Å². The van der Waals surface area contributed by atoms with E-state index in [2.05, 4.69) is 6.58 Å². The van der Waals surface area contributed by atoms with Crippen LogP contribution in [-0.4, -0.2) is 25.0 Å². The second kappa shape index (κ2) is 4.37. The van der Waals surface area contributed by atoms with Gasteiger partial charge in [0.25, 0.3) is 0 Å². The number of benzene rings is 1. The highest BCUT2D eigenvalue weighted by Crippen LogP contribution is 2.35. The van der Waals surface area contributed by atoms with Crippen LogP contribution in [0.15, 0.2) is 30.8 Å². The van der Waals surface area contributed by atoms with E-state index in [1.54, 1.807) is 21.0 Å². The van der Waals surface area contributed by atoms with E-state index < -0.39 is 17.9 Å². The standard InChI is InChI=1S/C14H16O4/c1-9(10-5-7-11(16-4)8-6-10)12-14(2,3)18-13(15)17-12/h5-8,12H,1H2,2-4H3. The summed E-state index contributed by atoms with van der Waals surface area (Å²) >= 11 is 0. The summed E-state index contributed by atoms with van der Waals surface area (Å²) in [6, 6.07) is 7.43. The van der Waals surface area contributed by atoms with Crippen LogP contribution in [-0.2, 0) is 9.47 Å². The number of hydrogen-bond donors (Lipinski definition) is 0. The van der Waals surface area contributed by atoms with Crippen molar-refractivity contribution in [1.29, 1.82) is 0 Å². The Morgan fingerprint density at radius 1 is 1.33 bits per heavy atom. The number of hydrogen-bond acceptors (Lipinski definition) is 4. The molecule has 2 rings (SSSR count). The van der Waals surface area contributed by atoms with Crippen LogP contribution in [0.5, 0.6) is 5.75 Å². The Hall–Kier alpha value is -1.97. The highest BCUT2D eigenvalue weighted by Gasteiger charge is 2.45. The van der Waals surface area contributed by atoms with E-state index in [0.29, 0.717) is 5.57 Å². The Labute approximate surface area is 106 Å². The molecule has 1 atom stereocenters. The minimum Gasteiger partial charge on any atom is -0.497 e. The molecule has 1 aromatic rings. The van der Waals surface area contributed by atoms with Gasteiger partial charge in [-0.1, -0.05) is 18.7 Å². The van der Waals surface area contributed by atoms with Crippen LogP contribution in [0, 0.1) is 0 Å². The third-order valence-electron chi connectivity index (χ3n) is 2.97. The molecule has 1 aliphatic heterocycles. The molecule has 1 fully saturated rings. The lowest BCUT2D eigenvalue weighted by molar-refractivity contribution is 0.0780. The molecule has 0 N–H and O–H groups in total. The van der Waals surface area contributed by atoms with Crippen molar-refractivity contribution in [3.05, 3.63) is 36.4 Å². The Bertz CT molecular complexity index is 473. The van der Waals surface area contributed by atoms with Crippen molar-refractivity contribution in [1.82, 2.24) is 0 Å². The molecule has 0 radical (unpaired) electrons. The molecule has 18 heavy (non-hydrogen) atoms. The van der Waals surface area contributed by atoms with Crippen molar-refractivity contribution in [3.8, 4) is 5.75 Å².